The molecule has 1 aromatic heterocycles. The summed E-state index contributed by atoms with van der Waals surface area (Å²) >= 11 is 0. The summed E-state index contributed by atoms with van der Waals surface area (Å²) in [5, 5.41) is 3.23. The van der Waals surface area contributed by atoms with Crippen molar-refractivity contribution in [3.8, 4) is 17.0 Å². The first-order valence-corrected chi connectivity index (χ1v) is 11.1. The van der Waals surface area contributed by atoms with Crippen LogP contribution in [0.4, 0.5) is 4.79 Å². The van der Waals surface area contributed by atoms with Crippen LogP contribution >= 0.6 is 0 Å². The van der Waals surface area contributed by atoms with Crippen LogP contribution in [0.2, 0.25) is 0 Å². The van der Waals surface area contributed by atoms with Gasteiger partial charge in [-0.3, -0.25) is 0 Å². The van der Waals surface area contributed by atoms with Gasteiger partial charge in [-0.1, -0.05) is 26.7 Å². The third-order valence-electron chi connectivity index (χ3n) is 6.21. The summed E-state index contributed by atoms with van der Waals surface area (Å²) in [7, 11) is 1.67. The Kier molecular flexibility index (Phi) is 6.21. The minimum atomic E-state index is 0.0674. The second-order valence-electron chi connectivity index (χ2n) is 8.66. The molecule has 0 unspecified atom stereocenters. The number of benzene rings is 1. The first kappa shape index (κ1) is 20.6. The van der Waals surface area contributed by atoms with E-state index in [1.807, 2.05) is 17.0 Å². The number of nitrogens with one attached hydrogen (secondary N) is 1. The van der Waals surface area contributed by atoms with Gasteiger partial charge < -0.3 is 15.0 Å². The monoisotopic (exact) mass is 408 g/mol. The second-order valence-corrected chi connectivity index (χ2v) is 8.66. The number of hydrogen-bond donors (Lipinski definition) is 1. The molecule has 1 aromatic carbocycles. The summed E-state index contributed by atoms with van der Waals surface area (Å²) in [5.41, 5.74) is 4.31. The molecular formula is C24H32N4O2. The van der Waals surface area contributed by atoms with Crippen molar-refractivity contribution in [2.45, 2.75) is 64.3 Å². The number of rotatable bonds is 4. The first-order chi connectivity index (χ1) is 14.5. The predicted molar refractivity (Wildman–Crippen MR) is 118 cm³/mol. The summed E-state index contributed by atoms with van der Waals surface area (Å²) in [6.45, 7) is 5.64. The van der Waals surface area contributed by atoms with Gasteiger partial charge in [0.2, 0.25) is 0 Å². The van der Waals surface area contributed by atoms with Crippen molar-refractivity contribution in [2.24, 2.45) is 0 Å². The number of carbonyl (C=O) groups is 1. The molecule has 1 saturated carbocycles. The van der Waals surface area contributed by atoms with Crippen LogP contribution in [0.1, 0.15) is 62.5 Å². The lowest BCUT2D eigenvalue weighted by Crippen LogP contribution is -2.45. The molecule has 4 rings (SSSR count). The Morgan fingerprint density at radius 1 is 1.10 bits per heavy atom. The summed E-state index contributed by atoms with van der Waals surface area (Å²) in [6.07, 6.45) is 6.17. The zero-order chi connectivity index (χ0) is 21.1. The van der Waals surface area contributed by atoms with E-state index in [1.54, 1.807) is 7.11 Å². The maximum Gasteiger partial charge on any atom is 0.317 e. The van der Waals surface area contributed by atoms with Crippen molar-refractivity contribution in [3.63, 3.8) is 0 Å². The second kappa shape index (κ2) is 9.02. The van der Waals surface area contributed by atoms with E-state index < -0.39 is 0 Å². The highest BCUT2D eigenvalue weighted by molar-refractivity contribution is 5.75. The van der Waals surface area contributed by atoms with Gasteiger partial charge in [-0.05, 0) is 43.5 Å². The number of carbonyl (C=O) groups excluding carboxylic acids is 1. The fourth-order valence-corrected chi connectivity index (χ4v) is 4.40. The Morgan fingerprint density at radius 2 is 1.80 bits per heavy atom. The maximum atomic E-state index is 12.8. The molecule has 0 radical (unpaired) electrons. The van der Waals surface area contributed by atoms with Crippen molar-refractivity contribution in [2.75, 3.05) is 20.2 Å². The molecule has 0 atom stereocenters. The van der Waals surface area contributed by atoms with Crippen molar-refractivity contribution < 1.29 is 9.53 Å². The van der Waals surface area contributed by atoms with Crippen LogP contribution in [0.5, 0.6) is 5.75 Å². The van der Waals surface area contributed by atoms with Gasteiger partial charge >= 0.3 is 6.03 Å². The zero-order valence-electron chi connectivity index (χ0n) is 18.3. The van der Waals surface area contributed by atoms with Gasteiger partial charge in [-0.15, -0.1) is 0 Å². The number of ether oxygens (including phenoxy) is 1. The summed E-state index contributed by atoms with van der Waals surface area (Å²) in [5.74, 6) is 1.94. The molecule has 1 aliphatic heterocycles. The number of urea groups is 1. The predicted octanol–water partition coefficient (Wildman–Crippen LogP) is 4.33. The lowest BCUT2D eigenvalue weighted by atomic mass is 10.00. The SMILES string of the molecule is COc1ccc(-c2nc(C(C)C)nc3c2CCN(C(=O)NC2CCCC2)CC3)cc1. The van der Waals surface area contributed by atoms with Crippen molar-refractivity contribution >= 4 is 6.03 Å². The molecular weight excluding hydrogens is 376 g/mol. The summed E-state index contributed by atoms with van der Waals surface area (Å²) in [6, 6.07) is 8.46. The highest BCUT2D eigenvalue weighted by Gasteiger charge is 2.26. The van der Waals surface area contributed by atoms with Crippen molar-refractivity contribution in [1.82, 2.24) is 20.2 Å². The van der Waals surface area contributed by atoms with Gasteiger partial charge in [0.15, 0.2) is 0 Å². The van der Waals surface area contributed by atoms with E-state index in [4.69, 9.17) is 14.7 Å². The molecule has 30 heavy (non-hydrogen) atoms. The van der Waals surface area contributed by atoms with Gasteiger partial charge in [0.05, 0.1) is 12.8 Å². The molecule has 2 amide bonds. The fourth-order valence-electron chi connectivity index (χ4n) is 4.40. The molecule has 2 aromatic rings. The smallest absolute Gasteiger partial charge is 0.317 e. The topological polar surface area (TPSA) is 67.4 Å². The van der Waals surface area contributed by atoms with Crippen LogP contribution in [0.15, 0.2) is 24.3 Å². The molecule has 1 aliphatic carbocycles. The van der Waals surface area contributed by atoms with E-state index in [0.29, 0.717) is 19.1 Å². The molecule has 160 valence electrons. The third kappa shape index (κ3) is 4.42. The Morgan fingerprint density at radius 3 is 2.47 bits per heavy atom. The van der Waals surface area contributed by atoms with E-state index in [0.717, 1.165) is 54.2 Å². The fraction of sp³-hybridized carbons (Fsp3) is 0.542. The highest BCUT2D eigenvalue weighted by Crippen LogP contribution is 2.29. The average molecular weight is 409 g/mol. The van der Waals surface area contributed by atoms with E-state index in [1.165, 1.54) is 18.4 Å². The van der Waals surface area contributed by atoms with Gasteiger partial charge in [0.25, 0.3) is 0 Å². The Hall–Kier alpha value is -2.63. The van der Waals surface area contributed by atoms with Crippen molar-refractivity contribution in [3.05, 3.63) is 41.3 Å². The molecule has 2 aliphatic rings. The van der Waals surface area contributed by atoms with Gasteiger partial charge in [0.1, 0.15) is 11.6 Å². The van der Waals surface area contributed by atoms with Crippen LogP contribution < -0.4 is 10.1 Å². The highest BCUT2D eigenvalue weighted by atomic mass is 16.5. The number of amides is 2. The first-order valence-electron chi connectivity index (χ1n) is 11.1. The molecule has 1 N–H and O–H groups in total. The minimum absolute atomic E-state index is 0.0674. The van der Waals surface area contributed by atoms with Gasteiger partial charge in [0, 0.05) is 48.3 Å². The summed E-state index contributed by atoms with van der Waals surface area (Å²) in [4.78, 5) is 24.6. The zero-order valence-corrected chi connectivity index (χ0v) is 18.3. The number of nitrogens with zero attached hydrogens (tertiary/aromatic N) is 3. The number of hydrogen-bond acceptors (Lipinski definition) is 4. The lowest BCUT2D eigenvalue weighted by Gasteiger charge is -2.23. The van der Waals surface area contributed by atoms with Crippen LogP contribution in [0, 0.1) is 0 Å². The normalized spacial score (nSPS) is 17.0. The van der Waals surface area contributed by atoms with Gasteiger partial charge in [-0.25, -0.2) is 14.8 Å². The number of aromatic nitrogens is 2. The molecule has 6 heteroatoms. The van der Waals surface area contributed by atoms with Gasteiger partial charge in [-0.2, -0.15) is 0 Å². The molecule has 1 fully saturated rings. The standard InChI is InChI=1S/C24H32N4O2/c1-16(2)23-26-21-13-15-28(24(29)25-18-6-4-5-7-18)14-12-20(21)22(27-23)17-8-10-19(30-3)11-9-17/h8-11,16,18H,4-7,12-15H2,1-3H3,(H,25,29). The van der Waals surface area contributed by atoms with E-state index in [-0.39, 0.29) is 11.9 Å². The summed E-state index contributed by atoms with van der Waals surface area (Å²) < 4.78 is 5.31. The minimum Gasteiger partial charge on any atom is -0.497 e. The number of fused-ring (bicyclic) bond motifs is 1. The van der Waals surface area contributed by atoms with E-state index in [2.05, 4.69) is 31.3 Å². The van der Waals surface area contributed by atoms with E-state index >= 15 is 0 Å². The Bertz CT molecular complexity index is 889. The van der Waals surface area contributed by atoms with E-state index in [9.17, 15) is 4.79 Å². The molecule has 0 saturated heterocycles. The quantitative estimate of drug-likeness (QED) is 0.818. The van der Waals surface area contributed by atoms with Crippen LogP contribution in [0.25, 0.3) is 11.3 Å². The molecule has 0 bridgehead atoms. The van der Waals surface area contributed by atoms with Crippen LogP contribution in [0.3, 0.4) is 0 Å². The Labute approximate surface area is 179 Å². The van der Waals surface area contributed by atoms with Crippen molar-refractivity contribution in [1.29, 1.82) is 0 Å². The van der Waals surface area contributed by atoms with Crippen LogP contribution in [-0.2, 0) is 12.8 Å². The lowest BCUT2D eigenvalue weighted by molar-refractivity contribution is 0.196. The third-order valence-corrected chi connectivity index (χ3v) is 6.21. The molecule has 2 heterocycles. The molecule has 0 spiro atoms. The number of methoxy groups -OCH3 is 1. The Balaban J connectivity index is 1.60. The average Bonchev–Trinajstić information content (AvgIpc) is 3.16. The largest absolute Gasteiger partial charge is 0.497 e. The molecule has 6 nitrogen and oxygen atoms in total. The maximum absolute atomic E-state index is 12.8. The van der Waals surface area contributed by atoms with Crippen LogP contribution in [-0.4, -0.2) is 47.1 Å².